The Hall–Kier alpha value is -4.58. The van der Waals surface area contributed by atoms with E-state index in [0.29, 0.717) is 30.4 Å². The maximum absolute atomic E-state index is 12.1. The summed E-state index contributed by atoms with van der Waals surface area (Å²) in [6, 6.07) is 22.7. The van der Waals surface area contributed by atoms with Crippen LogP contribution < -0.4 is 19.3 Å². The van der Waals surface area contributed by atoms with Crippen molar-refractivity contribution in [2.75, 3.05) is 23.0 Å². The van der Waals surface area contributed by atoms with Crippen molar-refractivity contribution in [2.24, 2.45) is 0 Å². The van der Waals surface area contributed by atoms with E-state index >= 15 is 0 Å². The average molecular weight is 453 g/mol. The van der Waals surface area contributed by atoms with Crippen LogP contribution in [0.4, 0.5) is 22.7 Å². The van der Waals surface area contributed by atoms with Crippen LogP contribution >= 0.6 is 0 Å². The van der Waals surface area contributed by atoms with Crippen LogP contribution in [-0.2, 0) is 9.59 Å². The predicted molar refractivity (Wildman–Crippen MR) is 134 cm³/mol. The van der Waals surface area contributed by atoms with Gasteiger partial charge in [-0.25, -0.2) is 4.90 Å². The second kappa shape index (κ2) is 10.4. The molecule has 0 saturated carbocycles. The fraction of sp³-hybridized carbons (Fsp3) is 0.0714. The van der Waals surface area contributed by atoms with E-state index in [2.05, 4.69) is 13.2 Å². The Kier molecular flexibility index (Phi) is 6.89. The van der Waals surface area contributed by atoms with E-state index < -0.39 is 0 Å². The van der Waals surface area contributed by atoms with Gasteiger partial charge in [-0.2, -0.15) is 0 Å². The lowest BCUT2D eigenvalue weighted by atomic mass is 10.1. The molecular formula is C28H24N2O4. The molecule has 3 aromatic rings. The Morgan fingerprint density at radius 3 is 1.68 bits per heavy atom. The van der Waals surface area contributed by atoms with Crippen molar-refractivity contribution in [1.82, 2.24) is 0 Å². The number of hydrogen-bond donors (Lipinski definition) is 0. The van der Waals surface area contributed by atoms with E-state index in [-0.39, 0.29) is 11.8 Å². The third kappa shape index (κ3) is 4.91. The van der Waals surface area contributed by atoms with E-state index in [1.54, 1.807) is 24.3 Å². The number of nitrogens with zero attached hydrogens (tertiary/aromatic N) is 2. The number of rotatable bonds is 10. The zero-order chi connectivity index (χ0) is 23.9. The summed E-state index contributed by atoms with van der Waals surface area (Å²) in [4.78, 5) is 27.3. The van der Waals surface area contributed by atoms with Crippen molar-refractivity contribution < 1.29 is 19.1 Å². The van der Waals surface area contributed by atoms with Crippen LogP contribution in [0.15, 0.2) is 110 Å². The van der Waals surface area contributed by atoms with Crippen LogP contribution in [0.2, 0.25) is 0 Å². The van der Waals surface area contributed by atoms with Crippen LogP contribution in [0, 0.1) is 0 Å². The quantitative estimate of drug-likeness (QED) is 0.291. The second-order valence-electron chi connectivity index (χ2n) is 7.39. The standard InChI is InChI=1S/C28H24N2O4/c1-3-17-33-25-9-5-7-23(19-25)29(24-8-6-10-26(20-24)34-18-4-2)21-11-13-22(14-12-21)30-27(31)15-16-28(30)32/h3-16,19-20H,1-2,17-18H2. The van der Waals surface area contributed by atoms with Gasteiger partial charge in [-0.3, -0.25) is 9.59 Å². The molecule has 6 nitrogen and oxygen atoms in total. The fourth-order valence-corrected chi connectivity index (χ4v) is 3.59. The predicted octanol–water partition coefficient (Wildman–Crippen LogP) is 5.72. The van der Waals surface area contributed by atoms with Gasteiger partial charge in [0.2, 0.25) is 0 Å². The lowest BCUT2D eigenvalue weighted by molar-refractivity contribution is -0.119. The summed E-state index contributed by atoms with van der Waals surface area (Å²) < 4.78 is 11.5. The number of ether oxygens (including phenoxy) is 2. The minimum absolute atomic E-state index is 0.353. The fourth-order valence-electron chi connectivity index (χ4n) is 3.59. The molecular weight excluding hydrogens is 428 g/mol. The van der Waals surface area contributed by atoms with Crippen molar-refractivity contribution in [3.8, 4) is 11.5 Å². The second-order valence-corrected chi connectivity index (χ2v) is 7.39. The largest absolute Gasteiger partial charge is 0.489 e. The van der Waals surface area contributed by atoms with Crippen LogP contribution in [0.3, 0.4) is 0 Å². The summed E-state index contributed by atoms with van der Waals surface area (Å²) in [6.45, 7) is 8.20. The SMILES string of the molecule is C=CCOc1cccc(N(c2ccc(N3C(=O)C=CC3=O)cc2)c2cccc(OCC=C)c2)c1. The molecule has 0 atom stereocenters. The molecule has 0 radical (unpaired) electrons. The smallest absolute Gasteiger partial charge is 0.258 e. The first-order chi connectivity index (χ1) is 16.6. The molecule has 2 amide bonds. The number of carbonyl (C=O) groups is 2. The highest BCUT2D eigenvalue weighted by Gasteiger charge is 2.25. The van der Waals surface area contributed by atoms with Crippen molar-refractivity contribution in [3.63, 3.8) is 0 Å². The van der Waals surface area contributed by atoms with Crippen LogP contribution in [0.25, 0.3) is 0 Å². The molecule has 0 fully saturated rings. The Bertz CT molecular complexity index is 1170. The zero-order valence-electron chi connectivity index (χ0n) is 18.6. The summed E-state index contributed by atoms with van der Waals surface area (Å²) >= 11 is 0. The summed E-state index contributed by atoms with van der Waals surface area (Å²) in [5.41, 5.74) is 3.07. The highest BCUT2D eigenvalue weighted by molar-refractivity contribution is 6.28. The van der Waals surface area contributed by atoms with Gasteiger partial charge in [0, 0.05) is 41.3 Å². The Morgan fingerprint density at radius 1 is 0.706 bits per heavy atom. The topological polar surface area (TPSA) is 59.1 Å². The van der Waals surface area contributed by atoms with Crippen molar-refractivity contribution in [1.29, 1.82) is 0 Å². The average Bonchev–Trinajstić information content (AvgIpc) is 3.20. The zero-order valence-corrected chi connectivity index (χ0v) is 18.6. The highest BCUT2D eigenvalue weighted by Crippen LogP contribution is 2.38. The molecule has 0 aromatic heterocycles. The molecule has 1 aliphatic rings. The summed E-state index contributed by atoms with van der Waals surface area (Å²) in [5.74, 6) is 0.706. The highest BCUT2D eigenvalue weighted by atomic mass is 16.5. The molecule has 0 aliphatic carbocycles. The maximum atomic E-state index is 12.1. The van der Waals surface area contributed by atoms with Gasteiger partial charge in [0.15, 0.2) is 0 Å². The van der Waals surface area contributed by atoms with E-state index in [4.69, 9.17) is 9.47 Å². The first-order valence-corrected chi connectivity index (χ1v) is 10.7. The molecule has 4 rings (SSSR count). The number of anilines is 4. The molecule has 3 aromatic carbocycles. The molecule has 170 valence electrons. The molecule has 0 N–H and O–H groups in total. The monoisotopic (exact) mass is 452 g/mol. The first-order valence-electron chi connectivity index (χ1n) is 10.7. The van der Waals surface area contributed by atoms with Crippen molar-refractivity contribution >= 4 is 34.6 Å². The Balaban J connectivity index is 1.74. The molecule has 0 unspecified atom stereocenters. The van der Waals surface area contributed by atoms with Gasteiger partial charge in [-0.05, 0) is 48.5 Å². The van der Waals surface area contributed by atoms with E-state index in [1.807, 2.05) is 65.6 Å². The van der Waals surface area contributed by atoms with Crippen LogP contribution in [0.1, 0.15) is 0 Å². The van der Waals surface area contributed by atoms with E-state index in [0.717, 1.165) is 22.0 Å². The molecule has 6 heteroatoms. The minimum Gasteiger partial charge on any atom is -0.489 e. The van der Waals surface area contributed by atoms with E-state index in [9.17, 15) is 9.59 Å². The first kappa shape index (κ1) is 22.6. The maximum Gasteiger partial charge on any atom is 0.258 e. The summed E-state index contributed by atoms with van der Waals surface area (Å²) in [6.07, 6.45) is 5.93. The van der Waals surface area contributed by atoms with Gasteiger partial charge in [-0.15, -0.1) is 0 Å². The lowest BCUT2D eigenvalue weighted by Crippen LogP contribution is -2.29. The van der Waals surface area contributed by atoms with Crippen LogP contribution in [0.5, 0.6) is 11.5 Å². The molecule has 0 bridgehead atoms. The Morgan fingerprint density at radius 2 is 1.21 bits per heavy atom. The molecule has 1 aliphatic heterocycles. The van der Waals surface area contributed by atoms with Crippen LogP contribution in [-0.4, -0.2) is 25.0 Å². The Labute approximate surface area is 198 Å². The number of hydrogen-bond acceptors (Lipinski definition) is 5. The van der Waals surface area contributed by atoms with Gasteiger partial charge in [0.1, 0.15) is 24.7 Å². The molecule has 0 saturated heterocycles. The third-order valence-corrected chi connectivity index (χ3v) is 5.06. The van der Waals surface area contributed by atoms with Gasteiger partial charge >= 0.3 is 0 Å². The lowest BCUT2D eigenvalue weighted by Gasteiger charge is -2.27. The third-order valence-electron chi connectivity index (χ3n) is 5.06. The van der Waals surface area contributed by atoms with Crippen molar-refractivity contribution in [3.05, 3.63) is 110 Å². The summed E-state index contributed by atoms with van der Waals surface area (Å²) in [5, 5.41) is 0. The molecule has 34 heavy (non-hydrogen) atoms. The normalized spacial score (nSPS) is 12.5. The minimum atomic E-state index is -0.353. The van der Waals surface area contributed by atoms with Gasteiger partial charge in [0.05, 0.1) is 5.69 Å². The number of benzene rings is 3. The molecule has 0 spiro atoms. The van der Waals surface area contributed by atoms with Gasteiger partial charge in [0.25, 0.3) is 11.8 Å². The van der Waals surface area contributed by atoms with Crippen molar-refractivity contribution in [2.45, 2.75) is 0 Å². The number of amides is 2. The van der Waals surface area contributed by atoms with Gasteiger partial charge in [-0.1, -0.05) is 37.4 Å². The molecule has 1 heterocycles. The van der Waals surface area contributed by atoms with Gasteiger partial charge < -0.3 is 14.4 Å². The summed E-state index contributed by atoms with van der Waals surface area (Å²) in [7, 11) is 0. The number of imide groups is 1. The number of carbonyl (C=O) groups excluding carboxylic acids is 2. The van der Waals surface area contributed by atoms with E-state index in [1.165, 1.54) is 12.2 Å².